The van der Waals surface area contributed by atoms with Gasteiger partial charge in [-0.2, -0.15) is 10.2 Å². The predicted octanol–water partition coefficient (Wildman–Crippen LogP) is 2.73. The first kappa shape index (κ1) is 7.45. The van der Waals surface area contributed by atoms with E-state index in [2.05, 4.69) is 31.0 Å². The van der Waals surface area contributed by atoms with Crippen LogP contribution < -0.4 is 0 Å². The molecule has 0 fully saturated rings. The molecular formula is C8H13N2. The van der Waals surface area contributed by atoms with Gasteiger partial charge in [-0.3, -0.25) is 0 Å². The standard InChI is InChI=1S/C8H13N2/c1-4-7-6-9-10-8(7,3)5-2/h6H,3-5H2,1-2H3. The maximum absolute atomic E-state index is 4.06. The third-order valence-electron chi connectivity index (χ3n) is 2.03. The van der Waals surface area contributed by atoms with E-state index in [1.807, 2.05) is 6.20 Å². The lowest BCUT2D eigenvalue weighted by atomic mass is 9.90. The Balaban J connectivity index is 2.79. The fourth-order valence-electron chi connectivity index (χ4n) is 1.11. The predicted molar refractivity (Wildman–Crippen MR) is 41.6 cm³/mol. The van der Waals surface area contributed by atoms with Crippen molar-refractivity contribution in [2.45, 2.75) is 32.2 Å². The van der Waals surface area contributed by atoms with Crippen LogP contribution in [0, 0.1) is 6.92 Å². The zero-order valence-electron chi connectivity index (χ0n) is 6.59. The van der Waals surface area contributed by atoms with E-state index in [0.717, 1.165) is 12.8 Å². The lowest BCUT2D eigenvalue weighted by Gasteiger charge is -2.19. The Labute approximate surface area is 62.0 Å². The molecule has 0 aliphatic carbocycles. The van der Waals surface area contributed by atoms with Crippen LogP contribution in [-0.2, 0) is 0 Å². The molecule has 2 nitrogen and oxygen atoms in total. The molecule has 0 saturated carbocycles. The SMILES string of the molecule is [CH2]C1(CC)N=NC=C1CC. The topological polar surface area (TPSA) is 24.7 Å². The second-order valence-electron chi connectivity index (χ2n) is 2.61. The molecule has 1 aliphatic rings. The van der Waals surface area contributed by atoms with Crippen LogP contribution in [0.2, 0.25) is 0 Å². The zero-order chi connectivity index (χ0) is 7.61. The van der Waals surface area contributed by atoms with Crippen molar-refractivity contribution in [2.75, 3.05) is 0 Å². The van der Waals surface area contributed by atoms with Crippen LogP contribution in [-0.4, -0.2) is 5.54 Å². The fourth-order valence-corrected chi connectivity index (χ4v) is 1.11. The van der Waals surface area contributed by atoms with E-state index in [-0.39, 0.29) is 5.54 Å². The summed E-state index contributed by atoms with van der Waals surface area (Å²) in [6.45, 7) is 8.20. The van der Waals surface area contributed by atoms with Crippen molar-refractivity contribution in [3.05, 3.63) is 18.7 Å². The summed E-state index contributed by atoms with van der Waals surface area (Å²) in [4.78, 5) is 0. The summed E-state index contributed by atoms with van der Waals surface area (Å²) >= 11 is 0. The molecule has 0 bridgehead atoms. The summed E-state index contributed by atoms with van der Waals surface area (Å²) < 4.78 is 0. The minimum atomic E-state index is -0.227. The summed E-state index contributed by atoms with van der Waals surface area (Å²) in [6, 6.07) is 0. The molecule has 1 heterocycles. The Morgan fingerprint density at radius 3 is 2.70 bits per heavy atom. The fraction of sp³-hybridized carbons (Fsp3) is 0.625. The summed E-state index contributed by atoms with van der Waals surface area (Å²) in [7, 11) is 0. The highest BCUT2D eigenvalue weighted by Crippen LogP contribution is 2.31. The van der Waals surface area contributed by atoms with Gasteiger partial charge in [0.15, 0.2) is 0 Å². The molecule has 2 heteroatoms. The molecule has 1 aliphatic heterocycles. The zero-order valence-corrected chi connectivity index (χ0v) is 6.59. The Hall–Kier alpha value is -0.660. The smallest absolute Gasteiger partial charge is 0.104 e. The third kappa shape index (κ3) is 0.981. The number of azo groups is 1. The Morgan fingerprint density at radius 2 is 2.30 bits per heavy atom. The van der Waals surface area contributed by atoms with Gasteiger partial charge >= 0.3 is 0 Å². The van der Waals surface area contributed by atoms with Crippen LogP contribution in [0.5, 0.6) is 0 Å². The molecule has 0 aromatic carbocycles. The second kappa shape index (κ2) is 2.52. The van der Waals surface area contributed by atoms with E-state index < -0.39 is 0 Å². The first-order valence-electron chi connectivity index (χ1n) is 3.70. The molecule has 0 amide bonds. The van der Waals surface area contributed by atoms with Crippen molar-refractivity contribution in [3.8, 4) is 0 Å². The van der Waals surface area contributed by atoms with Gasteiger partial charge in [0.2, 0.25) is 0 Å². The Morgan fingerprint density at radius 1 is 1.60 bits per heavy atom. The number of hydrogen-bond donors (Lipinski definition) is 0. The van der Waals surface area contributed by atoms with Gasteiger partial charge in [-0.05, 0) is 25.3 Å². The Bertz CT molecular complexity index is 182. The summed E-state index contributed by atoms with van der Waals surface area (Å²) in [5, 5.41) is 7.92. The normalized spacial score (nSPS) is 30.9. The number of hydrogen-bond acceptors (Lipinski definition) is 2. The maximum Gasteiger partial charge on any atom is 0.104 e. The molecular weight excluding hydrogens is 124 g/mol. The van der Waals surface area contributed by atoms with Gasteiger partial charge in [0.25, 0.3) is 0 Å². The quantitative estimate of drug-likeness (QED) is 0.559. The van der Waals surface area contributed by atoms with Crippen LogP contribution in [0.1, 0.15) is 26.7 Å². The summed E-state index contributed by atoms with van der Waals surface area (Å²) in [5.41, 5.74) is 1.02. The molecule has 10 heavy (non-hydrogen) atoms. The van der Waals surface area contributed by atoms with Crippen molar-refractivity contribution < 1.29 is 0 Å². The average molecular weight is 137 g/mol. The van der Waals surface area contributed by atoms with E-state index in [1.54, 1.807) is 0 Å². The molecule has 55 valence electrons. The van der Waals surface area contributed by atoms with Gasteiger partial charge in [0, 0.05) is 0 Å². The Kier molecular flexibility index (Phi) is 1.88. The first-order chi connectivity index (χ1) is 4.73. The van der Waals surface area contributed by atoms with Crippen molar-refractivity contribution in [1.29, 1.82) is 0 Å². The van der Waals surface area contributed by atoms with E-state index in [1.165, 1.54) is 5.57 Å². The molecule has 0 N–H and O–H groups in total. The molecule has 0 saturated heterocycles. The molecule has 1 unspecified atom stereocenters. The van der Waals surface area contributed by atoms with Crippen LogP contribution in [0.15, 0.2) is 22.0 Å². The molecule has 1 rings (SSSR count). The van der Waals surface area contributed by atoms with Crippen LogP contribution in [0.3, 0.4) is 0 Å². The van der Waals surface area contributed by atoms with Crippen LogP contribution >= 0.6 is 0 Å². The van der Waals surface area contributed by atoms with E-state index in [9.17, 15) is 0 Å². The van der Waals surface area contributed by atoms with E-state index in [4.69, 9.17) is 0 Å². The van der Waals surface area contributed by atoms with Gasteiger partial charge in [-0.15, -0.1) is 0 Å². The average Bonchev–Trinajstić information content (AvgIpc) is 2.32. The van der Waals surface area contributed by atoms with Crippen molar-refractivity contribution in [3.63, 3.8) is 0 Å². The number of nitrogens with zero attached hydrogens (tertiary/aromatic N) is 2. The van der Waals surface area contributed by atoms with Crippen molar-refractivity contribution in [2.24, 2.45) is 10.2 Å². The number of rotatable bonds is 2. The molecule has 0 aromatic heterocycles. The van der Waals surface area contributed by atoms with Crippen molar-refractivity contribution in [1.82, 2.24) is 0 Å². The van der Waals surface area contributed by atoms with Gasteiger partial charge in [0.05, 0.1) is 6.20 Å². The molecule has 1 radical (unpaired) electrons. The van der Waals surface area contributed by atoms with Crippen LogP contribution in [0.25, 0.3) is 0 Å². The first-order valence-corrected chi connectivity index (χ1v) is 3.70. The van der Waals surface area contributed by atoms with E-state index in [0.29, 0.717) is 0 Å². The van der Waals surface area contributed by atoms with Gasteiger partial charge in [-0.25, -0.2) is 0 Å². The van der Waals surface area contributed by atoms with Crippen LogP contribution in [0.4, 0.5) is 0 Å². The largest absolute Gasteiger partial charge is 0.178 e. The second-order valence-corrected chi connectivity index (χ2v) is 2.61. The van der Waals surface area contributed by atoms with Gasteiger partial charge in [0.1, 0.15) is 5.54 Å². The molecule has 1 atom stereocenters. The van der Waals surface area contributed by atoms with Crippen molar-refractivity contribution >= 4 is 0 Å². The monoisotopic (exact) mass is 137 g/mol. The van der Waals surface area contributed by atoms with E-state index >= 15 is 0 Å². The minimum Gasteiger partial charge on any atom is -0.178 e. The highest BCUT2D eigenvalue weighted by atomic mass is 15.2. The van der Waals surface area contributed by atoms with Gasteiger partial charge < -0.3 is 0 Å². The maximum atomic E-state index is 4.06. The lowest BCUT2D eigenvalue weighted by Crippen LogP contribution is -2.20. The van der Waals surface area contributed by atoms with Gasteiger partial charge in [-0.1, -0.05) is 13.8 Å². The third-order valence-corrected chi connectivity index (χ3v) is 2.03. The molecule has 0 spiro atoms. The highest BCUT2D eigenvalue weighted by molar-refractivity contribution is 5.24. The molecule has 0 aromatic rings. The lowest BCUT2D eigenvalue weighted by molar-refractivity contribution is 0.572. The minimum absolute atomic E-state index is 0.227. The highest BCUT2D eigenvalue weighted by Gasteiger charge is 2.28. The summed E-state index contributed by atoms with van der Waals surface area (Å²) in [6.07, 6.45) is 3.77. The summed E-state index contributed by atoms with van der Waals surface area (Å²) in [5.74, 6) is 0.